The highest BCUT2D eigenvalue weighted by molar-refractivity contribution is 6.42. The smallest absolute Gasteiger partial charge is 0.295 e. The fraction of sp³-hybridized carbons (Fsp3) is 0.429. The number of piperazine rings is 1. The summed E-state index contributed by atoms with van der Waals surface area (Å²) < 4.78 is 0. The van der Waals surface area contributed by atoms with Gasteiger partial charge in [0.1, 0.15) is 0 Å². The molecule has 1 aromatic heterocycles. The maximum absolute atomic E-state index is 12.3. The van der Waals surface area contributed by atoms with Crippen molar-refractivity contribution in [2.24, 2.45) is 0 Å². The van der Waals surface area contributed by atoms with E-state index in [9.17, 15) is 9.59 Å². The normalized spacial score (nSPS) is 18.2. The van der Waals surface area contributed by atoms with Gasteiger partial charge in [-0.25, -0.2) is 0 Å². The van der Waals surface area contributed by atoms with Crippen LogP contribution in [0, 0.1) is 0 Å². The summed E-state index contributed by atoms with van der Waals surface area (Å²) in [6.45, 7) is 2.72. The van der Waals surface area contributed by atoms with E-state index in [1.54, 1.807) is 11.1 Å². The molecule has 0 atom stereocenters. The van der Waals surface area contributed by atoms with Gasteiger partial charge in [-0.3, -0.25) is 9.59 Å². The van der Waals surface area contributed by atoms with E-state index in [-0.39, 0.29) is 5.91 Å². The lowest BCUT2D eigenvalue weighted by Crippen LogP contribution is -2.49. The van der Waals surface area contributed by atoms with Gasteiger partial charge in [0.05, 0.1) is 5.56 Å². The molecule has 3 rings (SSSR count). The third kappa shape index (κ3) is 2.21. The van der Waals surface area contributed by atoms with Crippen molar-refractivity contribution in [3.05, 3.63) is 22.3 Å². The van der Waals surface area contributed by atoms with E-state index in [4.69, 9.17) is 0 Å². The summed E-state index contributed by atoms with van der Waals surface area (Å²) in [5.41, 5.74) is 0.509. The van der Waals surface area contributed by atoms with Crippen LogP contribution < -0.4 is 15.9 Å². The zero-order chi connectivity index (χ0) is 13.2. The fourth-order valence-electron chi connectivity index (χ4n) is 2.61. The summed E-state index contributed by atoms with van der Waals surface area (Å²) in [6.07, 6.45) is 7.66. The molecule has 0 unspecified atom stereocenters. The monoisotopic (exact) mass is 259 g/mol. The van der Waals surface area contributed by atoms with Crippen molar-refractivity contribution in [1.82, 2.24) is 15.2 Å². The van der Waals surface area contributed by atoms with Crippen LogP contribution in [0.3, 0.4) is 0 Å². The number of ketones is 1. The van der Waals surface area contributed by atoms with Crippen molar-refractivity contribution in [3.63, 3.8) is 0 Å². The Balaban J connectivity index is 1.88. The highest BCUT2D eigenvalue weighted by Crippen LogP contribution is 2.02. The van der Waals surface area contributed by atoms with Crippen LogP contribution in [0.25, 0.3) is 12.2 Å². The number of aromatic nitrogens is 1. The van der Waals surface area contributed by atoms with E-state index >= 15 is 0 Å². The van der Waals surface area contributed by atoms with E-state index < -0.39 is 5.78 Å². The third-order valence-corrected chi connectivity index (χ3v) is 3.66. The number of H-pyrrole nitrogens is 1. The van der Waals surface area contributed by atoms with Crippen LogP contribution in [-0.2, 0) is 4.79 Å². The van der Waals surface area contributed by atoms with Crippen LogP contribution in [0.5, 0.6) is 0 Å². The van der Waals surface area contributed by atoms with Crippen LogP contribution in [0.4, 0.5) is 0 Å². The number of carbonyl (C=O) groups excluding carboxylic acids is 2. The molecule has 2 heterocycles. The Labute approximate surface area is 111 Å². The molecule has 1 amide bonds. The van der Waals surface area contributed by atoms with Gasteiger partial charge in [-0.15, -0.1) is 0 Å². The predicted octanol–water partition coefficient (Wildman–Crippen LogP) is -1.02. The first-order chi connectivity index (χ1) is 9.27. The molecular formula is C14H17N3O2. The Bertz CT molecular complexity index is 624. The number of nitrogens with zero attached hydrogens (tertiary/aromatic N) is 1. The standard InChI is InChI=1S/C14H17N3O2/c18-13(14(19)17-7-5-15-6-8-17)11-9-16-12-4-2-1-3-10(11)12/h3-4,9,15-16H,1-2,5-8H2. The van der Waals surface area contributed by atoms with Crippen molar-refractivity contribution in [2.45, 2.75) is 12.8 Å². The lowest BCUT2D eigenvalue weighted by molar-refractivity contribution is -0.127. The lowest BCUT2D eigenvalue weighted by Gasteiger charge is -2.26. The molecule has 5 heteroatoms. The minimum Gasteiger partial charge on any atom is -0.361 e. The largest absolute Gasteiger partial charge is 0.361 e. The minimum atomic E-state index is -0.397. The number of hydrogen-bond donors (Lipinski definition) is 2. The molecule has 1 fully saturated rings. The SMILES string of the molecule is O=C(C(=O)N1CCNCC1)c1c[nH]c2c1=CCCC=2. The summed E-state index contributed by atoms with van der Waals surface area (Å²) in [5, 5.41) is 5.02. The molecule has 0 spiro atoms. The number of rotatable bonds is 2. The molecule has 5 nitrogen and oxygen atoms in total. The lowest BCUT2D eigenvalue weighted by atomic mass is 10.1. The van der Waals surface area contributed by atoms with Crippen LogP contribution in [0.2, 0.25) is 0 Å². The average Bonchev–Trinajstić information content (AvgIpc) is 2.90. The molecule has 0 radical (unpaired) electrons. The van der Waals surface area contributed by atoms with Gasteiger partial charge in [0.15, 0.2) is 0 Å². The fourth-order valence-corrected chi connectivity index (χ4v) is 2.61. The number of fused-ring (bicyclic) bond motifs is 1. The first-order valence-electron chi connectivity index (χ1n) is 6.69. The zero-order valence-corrected chi connectivity index (χ0v) is 10.7. The molecule has 1 aliphatic heterocycles. The second kappa shape index (κ2) is 5.01. The van der Waals surface area contributed by atoms with E-state index in [1.165, 1.54) is 0 Å². The Morgan fingerprint density at radius 2 is 1.84 bits per heavy atom. The Hall–Kier alpha value is -1.88. The maximum atomic E-state index is 12.3. The maximum Gasteiger partial charge on any atom is 0.295 e. The molecule has 1 aliphatic carbocycles. The number of hydrogen-bond acceptors (Lipinski definition) is 3. The zero-order valence-electron chi connectivity index (χ0n) is 10.7. The summed E-state index contributed by atoms with van der Waals surface area (Å²) in [5.74, 6) is -0.784. The highest BCUT2D eigenvalue weighted by Gasteiger charge is 2.25. The van der Waals surface area contributed by atoms with Gasteiger partial charge in [0.25, 0.3) is 11.7 Å². The van der Waals surface area contributed by atoms with Crippen molar-refractivity contribution in [2.75, 3.05) is 26.2 Å². The van der Waals surface area contributed by atoms with Crippen molar-refractivity contribution in [1.29, 1.82) is 0 Å². The third-order valence-electron chi connectivity index (χ3n) is 3.66. The average molecular weight is 259 g/mol. The van der Waals surface area contributed by atoms with E-state index in [0.29, 0.717) is 18.7 Å². The van der Waals surface area contributed by atoms with Gasteiger partial charge in [-0.05, 0) is 12.8 Å². The Morgan fingerprint density at radius 1 is 1.11 bits per heavy atom. The second-order valence-corrected chi connectivity index (χ2v) is 4.89. The van der Waals surface area contributed by atoms with Gasteiger partial charge in [-0.1, -0.05) is 12.2 Å². The molecule has 19 heavy (non-hydrogen) atoms. The van der Waals surface area contributed by atoms with Gasteiger partial charge in [0, 0.05) is 42.9 Å². The first-order valence-corrected chi connectivity index (χ1v) is 6.69. The molecular weight excluding hydrogens is 242 g/mol. The molecule has 1 aromatic rings. The second-order valence-electron chi connectivity index (χ2n) is 4.89. The van der Waals surface area contributed by atoms with Gasteiger partial charge >= 0.3 is 0 Å². The van der Waals surface area contributed by atoms with Gasteiger partial charge in [0.2, 0.25) is 0 Å². The number of carbonyl (C=O) groups is 2. The summed E-state index contributed by atoms with van der Waals surface area (Å²) in [6, 6.07) is 0. The Kier molecular flexibility index (Phi) is 3.21. The van der Waals surface area contributed by atoms with Crippen molar-refractivity contribution >= 4 is 23.8 Å². The van der Waals surface area contributed by atoms with E-state index in [1.807, 2.05) is 6.08 Å². The minimum absolute atomic E-state index is 0.387. The van der Waals surface area contributed by atoms with E-state index in [2.05, 4.69) is 16.4 Å². The topological polar surface area (TPSA) is 65.2 Å². The van der Waals surface area contributed by atoms with Crippen LogP contribution in [0.15, 0.2) is 6.20 Å². The summed E-state index contributed by atoms with van der Waals surface area (Å²) >= 11 is 0. The van der Waals surface area contributed by atoms with Crippen LogP contribution in [0.1, 0.15) is 23.2 Å². The molecule has 0 saturated carbocycles. The quantitative estimate of drug-likeness (QED) is 0.528. The molecule has 100 valence electrons. The van der Waals surface area contributed by atoms with Crippen LogP contribution in [-0.4, -0.2) is 47.8 Å². The van der Waals surface area contributed by atoms with Gasteiger partial charge < -0.3 is 15.2 Å². The van der Waals surface area contributed by atoms with Crippen LogP contribution >= 0.6 is 0 Å². The summed E-state index contributed by atoms with van der Waals surface area (Å²) in [7, 11) is 0. The number of nitrogens with one attached hydrogen (secondary N) is 2. The summed E-state index contributed by atoms with van der Waals surface area (Å²) in [4.78, 5) is 29.2. The van der Waals surface area contributed by atoms with Crippen molar-refractivity contribution in [3.8, 4) is 0 Å². The first kappa shape index (κ1) is 12.2. The predicted molar refractivity (Wildman–Crippen MR) is 72.0 cm³/mol. The molecule has 0 bridgehead atoms. The number of amides is 1. The molecule has 1 saturated heterocycles. The highest BCUT2D eigenvalue weighted by atomic mass is 16.2. The van der Waals surface area contributed by atoms with Crippen molar-refractivity contribution < 1.29 is 9.59 Å². The Morgan fingerprint density at radius 3 is 2.63 bits per heavy atom. The molecule has 0 aromatic carbocycles. The van der Waals surface area contributed by atoms with Gasteiger partial charge in [-0.2, -0.15) is 0 Å². The molecule has 2 N–H and O–H groups in total. The number of Topliss-reactive ketones (excluding diaryl/α,β-unsaturated/α-hetero) is 1. The molecule has 2 aliphatic rings. The number of aromatic amines is 1. The van der Waals surface area contributed by atoms with E-state index in [0.717, 1.165) is 36.5 Å².